The van der Waals surface area contributed by atoms with Crippen LogP contribution in [0.25, 0.3) is 6.08 Å². The summed E-state index contributed by atoms with van der Waals surface area (Å²) in [5.41, 5.74) is 1.88. The van der Waals surface area contributed by atoms with E-state index in [-0.39, 0.29) is 12.5 Å². The minimum absolute atomic E-state index is 0.0570. The molecule has 1 fully saturated rings. The number of amides is 1. The zero-order valence-electron chi connectivity index (χ0n) is 13.5. The summed E-state index contributed by atoms with van der Waals surface area (Å²) in [5.74, 6) is 0.343. The van der Waals surface area contributed by atoms with Crippen LogP contribution in [0.5, 0.6) is 5.75 Å². The van der Waals surface area contributed by atoms with Gasteiger partial charge >= 0.3 is 0 Å². The fraction of sp³-hybridized carbons (Fsp3) is 0.105. The zero-order chi connectivity index (χ0) is 17.8. The number of likely N-dealkylation sites (N-methyl/N-ethyl adjacent to an activating group) is 1. The molecule has 6 heteroatoms. The number of thiocarbonyl (C=S) groups is 1. The van der Waals surface area contributed by atoms with Crippen molar-refractivity contribution in [1.82, 2.24) is 4.90 Å². The maximum absolute atomic E-state index is 12.9. The van der Waals surface area contributed by atoms with Crippen molar-refractivity contribution >= 4 is 35.0 Å². The Morgan fingerprint density at radius 1 is 1.16 bits per heavy atom. The predicted octanol–water partition coefficient (Wildman–Crippen LogP) is 3.19. The number of carbonyl (C=O) groups excluding carboxylic acids is 1. The molecule has 1 aliphatic rings. The molecule has 0 aliphatic carbocycles. The molecule has 3 rings (SSSR count). The summed E-state index contributed by atoms with van der Waals surface area (Å²) < 4.78 is 5.42. The van der Waals surface area contributed by atoms with Crippen LogP contribution in [0.3, 0.4) is 0 Å². The van der Waals surface area contributed by atoms with Crippen molar-refractivity contribution < 1.29 is 9.53 Å². The van der Waals surface area contributed by atoms with Gasteiger partial charge in [-0.25, -0.2) is 0 Å². The van der Waals surface area contributed by atoms with Crippen LogP contribution in [0, 0.1) is 11.3 Å². The van der Waals surface area contributed by atoms with Crippen LogP contribution in [0.15, 0.2) is 60.3 Å². The van der Waals surface area contributed by atoms with Gasteiger partial charge in [0.25, 0.3) is 5.91 Å². The van der Waals surface area contributed by atoms with Crippen LogP contribution in [-0.4, -0.2) is 29.6 Å². The third-order valence-corrected chi connectivity index (χ3v) is 4.24. The molecule has 0 spiro atoms. The van der Waals surface area contributed by atoms with Gasteiger partial charge in [-0.2, -0.15) is 5.26 Å². The molecule has 2 aromatic rings. The summed E-state index contributed by atoms with van der Waals surface area (Å²) in [6.07, 6.45) is 1.73. The van der Waals surface area contributed by atoms with E-state index in [1.165, 1.54) is 4.90 Å². The minimum Gasteiger partial charge on any atom is -0.478 e. The largest absolute Gasteiger partial charge is 0.478 e. The molecular formula is C19H15N3O2S. The van der Waals surface area contributed by atoms with Gasteiger partial charge in [0.1, 0.15) is 17.5 Å². The number of hydrogen-bond donors (Lipinski definition) is 0. The SMILES string of the molecule is CN1C(=S)N(c2ccccc2)C(=O)C1=Cc1ccccc1OCC#N. The van der Waals surface area contributed by atoms with Crippen LogP contribution in [0.4, 0.5) is 5.69 Å². The molecule has 1 heterocycles. The summed E-state index contributed by atoms with van der Waals surface area (Å²) in [5, 5.41) is 9.12. The molecule has 0 radical (unpaired) electrons. The van der Waals surface area contributed by atoms with Crippen molar-refractivity contribution in [2.24, 2.45) is 0 Å². The molecule has 0 N–H and O–H groups in total. The molecule has 25 heavy (non-hydrogen) atoms. The first kappa shape index (κ1) is 16.7. The molecule has 0 bridgehead atoms. The van der Waals surface area contributed by atoms with Gasteiger partial charge in [0.15, 0.2) is 11.7 Å². The fourth-order valence-electron chi connectivity index (χ4n) is 2.55. The number of rotatable bonds is 4. The molecular weight excluding hydrogens is 334 g/mol. The lowest BCUT2D eigenvalue weighted by molar-refractivity contribution is -0.114. The highest BCUT2D eigenvalue weighted by Crippen LogP contribution is 2.29. The van der Waals surface area contributed by atoms with E-state index in [0.717, 1.165) is 5.69 Å². The van der Waals surface area contributed by atoms with Crippen molar-refractivity contribution in [2.75, 3.05) is 18.6 Å². The maximum atomic E-state index is 12.9. The first-order valence-corrected chi connectivity index (χ1v) is 8.02. The molecule has 0 saturated carbocycles. The van der Waals surface area contributed by atoms with Crippen LogP contribution in [0.2, 0.25) is 0 Å². The van der Waals surface area contributed by atoms with E-state index < -0.39 is 0 Å². The number of nitriles is 1. The molecule has 1 amide bonds. The van der Waals surface area contributed by atoms with Crippen molar-refractivity contribution in [3.63, 3.8) is 0 Å². The summed E-state index contributed by atoms with van der Waals surface area (Å²) in [4.78, 5) is 16.1. The van der Waals surface area contributed by atoms with Gasteiger partial charge < -0.3 is 9.64 Å². The summed E-state index contributed by atoms with van der Waals surface area (Å²) in [7, 11) is 1.76. The Labute approximate surface area is 151 Å². The smallest absolute Gasteiger partial charge is 0.281 e. The van der Waals surface area contributed by atoms with Gasteiger partial charge in [0.05, 0.1) is 5.69 Å². The normalized spacial score (nSPS) is 15.6. The van der Waals surface area contributed by atoms with Crippen molar-refractivity contribution in [1.29, 1.82) is 5.26 Å². The van der Waals surface area contributed by atoms with E-state index >= 15 is 0 Å². The highest BCUT2D eigenvalue weighted by atomic mass is 32.1. The summed E-state index contributed by atoms with van der Waals surface area (Å²) >= 11 is 5.43. The van der Waals surface area contributed by atoms with Crippen LogP contribution in [0.1, 0.15) is 5.56 Å². The highest BCUT2D eigenvalue weighted by Gasteiger charge is 2.36. The molecule has 1 saturated heterocycles. The second-order valence-electron chi connectivity index (χ2n) is 5.33. The molecule has 1 aliphatic heterocycles. The minimum atomic E-state index is -0.200. The Morgan fingerprint density at radius 2 is 1.84 bits per heavy atom. The van der Waals surface area contributed by atoms with Crippen molar-refractivity contribution in [3.05, 3.63) is 65.9 Å². The third kappa shape index (κ3) is 3.23. The zero-order valence-corrected chi connectivity index (χ0v) is 14.4. The Kier molecular flexibility index (Phi) is 4.78. The van der Waals surface area contributed by atoms with E-state index in [1.807, 2.05) is 54.6 Å². The second kappa shape index (κ2) is 7.16. The van der Waals surface area contributed by atoms with Crippen LogP contribution >= 0.6 is 12.2 Å². The molecule has 0 unspecified atom stereocenters. The first-order chi connectivity index (χ1) is 12.1. The van der Waals surface area contributed by atoms with Crippen LogP contribution < -0.4 is 9.64 Å². The summed E-state index contributed by atoms with van der Waals surface area (Å²) in [6.45, 7) is -0.0570. The highest BCUT2D eigenvalue weighted by molar-refractivity contribution is 7.80. The molecule has 2 aromatic carbocycles. The van der Waals surface area contributed by atoms with E-state index in [2.05, 4.69) is 0 Å². The lowest BCUT2D eigenvalue weighted by atomic mass is 10.1. The molecule has 124 valence electrons. The Bertz CT molecular complexity index is 887. The number of benzene rings is 2. The number of nitrogens with zero attached hydrogens (tertiary/aromatic N) is 3. The van der Waals surface area contributed by atoms with E-state index in [1.54, 1.807) is 24.1 Å². The van der Waals surface area contributed by atoms with E-state index in [4.69, 9.17) is 22.2 Å². The standard InChI is InChI=1S/C19H15N3O2S/c1-21-16(13-14-7-5-6-10-17(14)24-12-11-20)18(23)22(19(21)25)15-8-3-2-4-9-15/h2-10,13H,12H2,1H3. The average Bonchev–Trinajstić information content (AvgIpc) is 2.85. The fourth-order valence-corrected chi connectivity index (χ4v) is 2.84. The molecule has 0 atom stereocenters. The van der Waals surface area contributed by atoms with Gasteiger partial charge in [0, 0.05) is 12.6 Å². The van der Waals surface area contributed by atoms with Gasteiger partial charge in [-0.15, -0.1) is 0 Å². The number of carbonyl (C=O) groups is 1. The van der Waals surface area contributed by atoms with Crippen molar-refractivity contribution in [2.45, 2.75) is 0 Å². The maximum Gasteiger partial charge on any atom is 0.281 e. The van der Waals surface area contributed by atoms with Gasteiger partial charge in [-0.1, -0.05) is 36.4 Å². The van der Waals surface area contributed by atoms with E-state index in [9.17, 15) is 4.79 Å². The van der Waals surface area contributed by atoms with E-state index in [0.29, 0.717) is 22.1 Å². The van der Waals surface area contributed by atoms with Crippen LogP contribution in [-0.2, 0) is 4.79 Å². The Morgan fingerprint density at radius 3 is 2.56 bits per heavy atom. The lowest BCUT2D eigenvalue weighted by Gasteiger charge is -2.16. The first-order valence-electron chi connectivity index (χ1n) is 7.61. The number of anilines is 1. The van der Waals surface area contributed by atoms with Gasteiger partial charge in [-0.3, -0.25) is 9.69 Å². The second-order valence-corrected chi connectivity index (χ2v) is 5.70. The van der Waals surface area contributed by atoms with Gasteiger partial charge in [0.2, 0.25) is 0 Å². The quantitative estimate of drug-likeness (QED) is 0.627. The lowest BCUT2D eigenvalue weighted by Crippen LogP contribution is -2.30. The number of para-hydroxylation sites is 2. The average molecular weight is 349 g/mol. The number of ether oxygens (including phenoxy) is 1. The molecule has 5 nitrogen and oxygen atoms in total. The topological polar surface area (TPSA) is 56.6 Å². The monoisotopic (exact) mass is 349 g/mol. The third-order valence-electron chi connectivity index (χ3n) is 3.78. The van der Waals surface area contributed by atoms with Gasteiger partial charge in [-0.05, 0) is 36.5 Å². The Balaban J connectivity index is 1.98. The number of hydrogen-bond acceptors (Lipinski definition) is 4. The molecule has 0 aromatic heterocycles. The van der Waals surface area contributed by atoms with Crippen molar-refractivity contribution in [3.8, 4) is 11.8 Å². The predicted molar refractivity (Wildman–Crippen MR) is 99.8 cm³/mol. The Hall–Kier alpha value is -3.17. The summed E-state index contributed by atoms with van der Waals surface area (Å²) in [6, 6.07) is 18.5.